The molecule has 1 fully saturated rings. The van der Waals surface area contributed by atoms with Crippen molar-refractivity contribution in [2.75, 3.05) is 32.2 Å². The zero-order chi connectivity index (χ0) is 22.7. The molecule has 1 saturated heterocycles. The SMILES string of the molecule is COc1cc(Cc2csc(N3CCC(S(=O)(=O)c4ccc(C)cc4)CC3)n2)cc(OC)c1. The third kappa shape index (κ3) is 4.91. The second-order valence-corrected chi connectivity index (χ2v) is 11.1. The molecule has 6 nitrogen and oxygen atoms in total. The number of methoxy groups -OCH3 is 2. The number of aryl methyl sites for hydroxylation is 1. The first-order valence-corrected chi connectivity index (χ1v) is 13.0. The Hall–Kier alpha value is -2.58. The Kier molecular flexibility index (Phi) is 6.71. The molecule has 32 heavy (non-hydrogen) atoms. The molecule has 0 aliphatic carbocycles. The monoisotopic (exact) mass is 472 g/mol. The summed E-state index contributed by atoms with van der Waals surface area (Å²) in [5.41, 5.74) is 3.11. The molecule has 1 aliphatic heterocycles. The van der Waals surface area contributed by atoms with Crippen LogP contribution in [0, 0.1) is 6.92 Å². The smallest absolute Gasteiger partial charge is 0.185 e. The molecule has 0 amide bonds. The number of sulfone groups is 1. The lowest BCUT2D eigenvalue weighted by Crippen LogP contribution is -2.39. The van der Waals surface area contributed by atoms with E-state index in [-0.39, 0.29) is 5.25 Å². The van der Waals surface area contributed by atoms with Crippen LogP contribution in [0.1, 0.15) is 29.7 Å². The lowest BCUT2D eigenvalue weighted by molar-refractivity contribution is 0.393. The summed E-state index contributed by atoms with van der Waals surface area (Å²) in [6.07, 6.45) is 1.90. The first kappa shape index (κ1) is 22.6. The highest BCUT2D eigenvalue weighted by Gasteiger charge is 2.32. The highest BCUT2D eigenvalue weighted by Crippen LogP contribution is 2.30. The van der Waals surface area contributed by atoms with Crippen LogP contribution in [0.5, 0.6) is 11.5 Å². The van der Waals surface area contributed by atoms with E-state index in [0.29, 0.717) is 37.2 Å². The number of nitrogens with zero attached hydrogens (tertiary/aromatic N) is 2. The molecule has 0 saturated carbocycles. The standard InChI is InChI=1S/C24H28N2O4S2/c1-17-4-6-22(7-5-17)32(27,28)23-8-10-26(11-9-23)24-25-19(16-31-24)12-18-13-20(29-2)15-21(14-18)30-3/h4-7,13-16,23H,8-12H2,1-3H3. The molecule has 0 N–H and O–H groups in total. The average Bonchev–Trinajstić information content (AvgIpc) is 3.27. The second kappa shape index (κ2) is 9.50. The Morgan fingerprint density at radius 2 is 1.66 bits per heavy atom. The van der Waals surface area contributed by atoms with Crippen molar-refractivity contribution in [3.8, 4) is 11.5 Å². The van der Waals surface area contributed by atoms with Crippen LogP contribution in [0.15, 0.2) is 52.7 Å². The molecule has 0 radical (unpaired) electrons. The van der Waals surface area contributed by atoms with Crippen LogP contribution in [0.4, 0.5) is 5.13 Å². The average molecular weight is 473 g/mol. The highest BCUT2D eigenvalue weighted by atomic mass is 32.2. The minimum atomic E-state index is -3.30. The topological polar surface area (TPSA) is 68.7 Å². The third-order valence-electron chi connectivity index (χ3n) is 5.84. The van der Waals surface area contributed by atoms with Crippen LogP contribution in [-0.2, 0) is 16.3 Å². The van der Waals surface area contributed by atoms with Crippen molar-refractivity contribution in [2.45, 2.75) is 36.3 Å². The number of piperidine rings is 1. The van der Waals surface area contributed by atoms with E-state index in [1.165, 1.54) is 0 Å². The van der Waals surface area contributed by atoms with Crippen LogP contribution < -0.4 is 14.4 Å². The van der Waals surface area contributed by atoms with Crippen LogP contribution in [-0.4, -0.2) is 46.0 Å². The van der Waals surface area contributed by atoms with Crippen LogP contribution in [0.2, 0.25) is 0 Å². The summed E-state index contributed by atoms with van der Waals surface area (Å²) in [5.74, 6) is 1.51. The summed E-state index contributed by atoms with van der Waals surface area (Å²) in [6, 6.07) is 13.0. The van der Waals surface area contributed by atoms with Crippen molar-refractivity contribution in [3.05, 3.63) is 64.7 Å². The zero-order valence-corrected chi connectivity index (χ0v) is 20.2. The zero-order valence-electron chi connectivity index (χ0n) is 18.6. The minimum Gasteiger partial charge on any atom is -0.497 e. The fourth-order valence-electron chi connectivity index (χ4n) is 3.98. The molecule has 2 heterocycles. The van der Waals surface area contributed by atoms with E-state index < -0.39 is 9.84 Å². The number of thiazole rings is 1. The predicted molar refractivity (Wildman–Crippen MR) is 128 cm³/mol. The van der Waals surface area contributed by atoms with Crippen molar-refractivity contribution in [1.29, 1.82) is 0 Å². The van der Waals surface area contributed by atoms with Gasteiger partial charge in [-0.1, -0.05) is 17.7 Å². The first-order valence-electron chi connectivity index (χ1n) is 10.6. The molecule has 1 aromatic heterocycles. The summed E-state index contributed by atoms with van der Waals surface area (Å²) < 4.78 is 36.7. The number of benzene rings is 2. The third-order valence-corrected chi connectivity index (χ3v) is 9.07. The summed E-state index contributed by atoms with van der Waals surface area (Å²) in [4.78, 5) is 7.43. The van der Waals surface area contributed by atoms with Gasteiger partial charge in [0.25, 0.3) is 0 Å². The molecule has 170 valence electrons. The van der Waals surface area contributed by atoms with Crippen molar-refractivity contribution >= 4 is 26.3 Å². The number of hydrogen-bond donors (Lipinski definition) is 0. The summed E-state index contributed by atoms with van der Waals surface area (Å²) in [6.45, 7) is 3.34. The molecule has 3 aromatic rings. The number of anilines is 1. The maximum atomic E-state index is 13.0. The fraction of sp³-hybridized carbons (Fsp3) is 0.375. The Labute approximate surface area is 193 Å². The van der Waals surface area contributed by atoms with Gasteiger partial charge < -0.3 is 14.4 Å². The molecular formula is C24H28N2O4S2. The minimum absolute atomic E-state index is 0.342. The van der Waals surface area contributed by atoms with Gasteiger partial charge in [0.05, 0.1) is 30.1 Å². The van der Waals surface area contributed by atoms with Crippen molar-refractivity contribution in [2.24, 2.45) is 0 Å². The van der Waals surface area contributed by atoms with Crippen LogP contribution in [0.3, 0.4) is 0 Å². The molecule has 0 unspecified atom stereocenters. The summed E-state index contributed by atoms with van der Waals surface area (Å²) in [7, 11) is -0.0185. The fourth-order valence-corrected chi connectivity index (χ4v) is 6.59. The number of ether oxygens (including phenoxy) is 2. The maximum Gasteiger partial charge on any atom is 0.185 e. The normalized spacial score (nSPS) is 15.0. The van der Waals surface area contributed by atoms with Gasteiger partial charge in [0, 0.05) is 31.0 Å². The molecule has 1 aliphatic rings. The van der Waals surface area contributed by atoms with Crippen LogP contribution in [0.25, 0.3) is 0 Å². The van der Waals surface area contributed by atoms with Gasteiger partial charge in [-0.05, 0) is 49.6 Å². The van der Waals surface area contributed by atoms with E-state index in [9.17, 15) is 8.42 Å². The Bertz CT molecular complexity index is 1140. The maximum absolute atomic E-state index is 13.0. The predicted octanol–water partition coefficient (Wildman–Crippen LogP) is 4.50. The lowest BCUT2D eigenvalue weighted by Gasteiger charge is -2.31. The van der Waals surface area contributed by atoms with E-state index >= 15 is 0 Å². The highest BCUT2D eigenvalue weighted by molar-refractivity contribution is 7.92. The van der Waals surface area contributed by atoms with Gasteiger partial charge in [0.1, 0.15) is 11.5 Å². The molecule has 0 atom stereocenters. The van der Waals surface area contributed by atoms with E-state index in [4.69, 9.17) is 14.5 Å². The van der Waals surface area contributed by atoms with Gasteiger partial charge >= 0.3 is 0 Å². The van der Waals surface area contributed by atoms with Gasteiger partial charge in [0.15, 0.2) is 15.0 Å². The second-order valence-electron chi connectivity index (χ2n) is 8.06. The van der Waals surface area contributed by atoms with Gasteiger partial charge in [-0.2, -0.15) is 0 Å². The van der Waals surface area contributed by atoms with Crippen molar-refractivity contribution < 1.29 is 17.9 Å². The molecule has 4 rings (SSSR count). The van der Waals surface area contributed by atoms with Gasteiger partial charge in [-0.15, -0.1) is 11.3 Å². The molecule has 0 spiro atoms. The summed E-state index contributed by atoms with van der Waals surface area (Å²) in [5, 5.41) is 2.67. The van der Waals surface area contributed by atoms with Crippen LogP contribution >= 0.6 is 11.3 Å². The number of aromatic nitrogens is 1. The lowest BCUT2D eigenvalue weighted by atomic mass is 10.1. The quantitative estimate of drug-likeness (QED) is 0.504. The van der Waals surface area contributed by atoms with E-state index in [0.717, 1.165) is 33.5 Å². The van der Waals surface area contributed by atoms with Gasteiger partial charge in [0.2, 0.25) is 0 Å². The molecule has 0 bridgehead atoms. The summed E-state index contributed by atoms with van der Waals surface area (Å²) >= 11 is 1.60. The Morgan fingerprint density at radius 1 is 1.03 bits per heavy atom. The van der Waals surface area contributed by atoms with Gasteiger partial charge in [-0.25, -0.2) is 13.4 Å². The first-order chi connectivity index (χ1) is 15.4. The molecule has 8 heteroatoms. The Morgan fingerprint density at radius 3 is 2.25 bits per heavy atom. The molecule has 2 aromatic carbocycles. The van der Waals surface area contributed by atoms with Crippen molar-refractivity contribution in [1.82, 2.24) is 4.98 Å². The Balaban J connectivity index is 1.40. The van der Waals surface area contributed by atoms with E-state index in [1.807, 2.05) is 37.3 Å². The van der Waals surface area contributed by atoms with Gasteiger partial charge in [-0.3, -0.25) is 0 Å². The molecular weight excluding hydrogens is 444 g/mol. The largest absolute Gasteiger partial charge is 0.497 e. The van der Waals surface area contributed by atoms with E-state index in [1.54, 1.807) is 37.7 Å². The van der Waals surface area contributed by atoms with E-state index in [2.05, 4.69) is 10.3 Å². The van der Waals surface area contributed by atoms with Crippen molar-refractivity contribution in [3.63, 3.8) is 0 Å². The number of rotatable bonds is 7. The number of hydrogen-bond acceptors (Lipinski definition) is 7.